The van der Waals surface area contributed by atoms with E-state index in [-0.39, 0.29) is 0 Å². The average Bonchev–Trinajstić information content (AvgIpc) is 2.10. The number of hydrogen-bond donors (Lipinski definition) is 1. The number of carbonyl (C=O) groups is 1. The average molecular weight is 125 g/mol. The van der Waals surface area contributed by atoms with E-state index in [0.29, 0.717) is 17.7 Å². The van der Waals surface area contributed by atoms with Gasteiger partial charge in [0.2, 0.25) is 0 Å². The van der Waals surface area contributed by atoms with Crippen molar-refractivity contribution in [2.45, 2.75) is 0 Å². The van der Waals surface area contributed by atoms with Crippen LogP contribution in [0.1, 0.15) is 10.5 Å². The Labute approximate surface area is 52.3 Å². The fraction of sp³-hybridized carbons (Fsp3) is 0.200. The Hall–Kier alpha value is -1.32. The van der Waals surface area contributed by atoms with Crippen LogP contribution in [0.3, 0.4) is 0 Å². The van der Waals surface area contributed by atoms with Gasteiger partial charge in [0.25, 0.3) is 0 Å². The van der Waals surface area contributed by atoms with Crippen LogP contribution in [0.15, 0.2) is 6.20 Å². The standard InChI is InChI=1S/C5H7N3O/c1-8-2-4(6)5(3-9)7-8/h2-3H,6H2,1H3. The molecule has 0 amide bonds. The van der Waals surface area contributed by atoms with Crippen molar-refractivity contribution in [1.82, 2.24) is 9.78 Å². The van der Waals surface area contributed by atoms with Crippen molar-refractivity contribution < 1.29 is 4.79 Å². The summed E-state index contributed by atoms with van der Waals surface area (Å²) in [6.07, 6.45) is 2.22. The third-order valence-electron chi connectivity index (χ3n) is 0.999. The topological polar surface area (TPSA) is 60.9 Å². The molecule has 0 aliphatic heterocycles. The molecular formula is C5H7N3O. The van der Waals surface area contributed by atoms with Gasteiger partial charge < -0.3 is 5.73 Å². The first kappa shape index (κ1) is 5.81. The summed E-state index contributed by atoms with van der Waals surface area (Å²) in [4.78, 5) is 10.1. The molecule has 0 unspecified atom stereocenters. The highest BCUT2D eigenvalue weighted by Crippen LogP contribution is 2.03. The van der Waals surface area contributed by atoms with Crippen molar-refractivity contribution in [2.24, 2.45) is 7.05 Å². The zero-order valence-corrected chi connectivity index (χ0v) is 5.03. The van der Waals surface area contributed by atoms with Crippen LogP contribution in [0.2, 0.25) is 0 Å². The van der Waals surface area contributed by atoms with Crippen molar-refractivity contribution in [3.05, 3.63) is 11.9 Å². The second kappa shape index (κ2) is 1.89. The molecule has 0 aliphatic rings. The first-order chi connectivity index (χ1) is 4.24. The van der Waals surface area contributed by atoms with Gasteiger partial charge in [-0.05, 0) is 0 Å². The number of aldehydes is 1. The predicted octanol–water partition coefficient (Wildman–Crippen LogP) is -0.185. The van der Waals surface area contributed by atoms with E-state index in [9.17, 15) is 4.79 Å². The van der Waals surface area contributed by atoms with Crippen molar-refractivity contribution in [2.75, 3.05) is 5.73 Å². The Morgan fingerprint density at radius 1 is 1.89 bits per heavy atom. The minimum atomic E-state index is 0.303. The summed E-state index contributed by atoms with van der Waals surface area (Å²) >= 11 is 0. The monoisotopic (exact) mass is 125 g/mol. The number of nitrogen functional groups attached to an aromatic ring is 1. The number of nitrogens with two attached hydrogens (primary N) is 1. The molecule has 1 rings (SSSR count). The highest BCUT2D eigenvalue weighted by molar-refractivity contribution is 5.79. The lowest BCUT2D eigenvalue weighted by Crippen LogP contribution is -1.89. The van der Waals surface area contributed by atoms with Crippen LogP contribution in [0.25, 0.3) is 0 Å². The Balaban J connectivity index is 3.15. The van der Waals surface area contributed by atoms with E-state index in [4.69, 9.17) is 5.73 Å². The molecule has 1 aromatic heterocycles. The summed E-state index contributed by atoms with van der Waals surface area (Å²) in [6, 6.07) is 0. The Kier molecular flexibility index (Phi) is 1.22. The van der Waals surface area contributed by atoms with E-state index in [1.165, 1.54) is 4.68 Å². The molecule has 2 N–H and O–H groups in total. The van der Waals surface area contributed by atoms with Gasteiger partial charge in [0, 0.05) is 13.2 Å². The molecule has 0 spiro atoms. The van der Waals surface area contributed by atoms with Crippen LogP contribution < -0.4 is 5.73 Å². The van der Waals surface area contributed by atoms with Gasteiger partial charge in [-0.1, -0.05) is 0 Å². The lowest BCUT2D eigenvalue weighted by atomic mass is 10.4. The minimum absolute atomic E-state index is 0.303. The lowest BCUT2D eigenvalue weighted by molar-refractivity contribution is 0.111. The highest BCUT2D eigenvalue weighted by atomic mass is 16.1. The Morgan fingerprint density at radius 3 is 2.78 bits per heavy atom. The summed E-state index contributed by atoms with van der Waals surface area (Å²) in [5, 5.41) is 3.75. The van der Waals surface area contributed by atoms with Gasteiger partial charge in [-0.15, -0.1) is 0 Å². The van der Waals surface area contributed by atoms with Crippen LogP contribution in [0.5, 0.6) is 0 Å². The quantitative estimate of drug-likeness (QED) is 0.529. The molecule has 0 aromatic carbocycles. The summed E-state index contributed by atoms with van der Waals surface area (Å²) < 4.78 is 1.50. The predicted molar refractivity (Wildman–Crippen MR) is 33.0 cm³/mol. The third-order valence-corrected chi connectivity index (χ3v) is 0.999. The highest BCUT2D eigenvalue weighted by Gasteiger charge is 1.99. The van der Waals surface area contributed by atoms with Gasteiger partial charge in [-0.25, -0.2) is 0 Å². The molecule has 4 nitrogen and oxygen atoms in total. The van der Waals surface area contributed by atoms with Gasteiger partial charge in [-0.2, -0.15) is 5.10 Å². The fourth-order valence-electron chi connectivity index (χ4n) is 0.616. The van der Waals surface area contributed by atoms with Crippen molar-refractivity contribution in [3.63, 3.8) is 0 Å². The zero-order chi connectivity index (χ0) is 6.85. The summed E-state index contributed by atoms with van der Waals surface area (Å²) in [5.74, 6) is 0. The zero-order valence-electron chi connectivity index (χ0n) is 5.03. The number of aryl methyl sites for hydroxylation is 1. The number of rotatable bonds is 1. The minimum Gasteiger partial charge on any atom is -0.396 e. The molecule has 1 aromatic rings. The largest absolute Gasteiger partial charge is 0.396 e. The van der Waals surface area contributed by atoms with E-state index in [0.717, 1.165) is 0 Å². The van der Waals surface area contributed by atoms with Gasteiger partial charge in [-0.3, -0.25) is 9.48 Å². The first-order valence-corrected chi connectivity index (χ1v) is 2.48. The maximum atomic E-state index is 10.1. The molecule has 0 saturated carbocycles. The fourth-order valence-corrected chi connectivity index (χ4v) is 0.616. The summed E-state index contributed by atoms with van der Waals surface area (Å²) in [6.45, 7) is 0. The van der Waals surface area contributed by atoms with Crippen LogP contribution in [0.4, 0.5) is 5.69 Å². The van der Waals surface area contributed by atoms with Crippen LogP contribution in [0, 0.1) is 0 Å². The Bertz CT molecular complexity index is 228. The summed E-state index contributed by atoms with van der Waals surface area (Å²) in [7, 11) is 1.71. The van der Waals surface area contributed by atoms with E-state index in [2.05, 4.69) is 5.10 Å². The molecule has 1 heterocycles. The van der Waals surface area contributed by atoms with Crippen molar-refractivity contribution >= 4 is 12.0 Å². The number of aromatic nitrogens is 2. The smallest absolute Gasteiger partial charge is 0.172 e. The normalized spacial score (nSPS) is 9.44. The Morgan fingerprint density at radius 2 is 2.56 bits per heavy atom. The van der Waals surface area contributed by atoms with Gasteiger partial charge in [0.05, 0.1) is 5.69 Å². The number of anilines is 1. The first-order valence-electron chi connectivity index (χ1n) is 2.48. The molecule has 0 atom stereocenters. The molecule has 48 valence electrons. The molecule has 0 bridgehead atoms. The number of hydrogen-bond acceptors (Lipinski definition) is 3. The van der Waals surface area contributed by atoms with E-state index < -0.39 is 0 Å². The SMILES string of the molecule is Cn1cc(N)c(C=O)n1. The van der Waals surface area contributed by atoms with Gasteiger partial charge >= 0.3 is 0 Å². The molecular weight excluding hydrogens is 118 g/mol. The molecule has 0 saturated heterocycles. The van der Waals surface area contributed by atoms with Crippen LogP contribution in [-0.2, 0) is 7.05 Å². The van der Waals surface area contributed by atoms with Crippen LogP contribution >= 0.6 is 0 Å². The van der Waals surface area contributed by atoms with Gasteiger partial charge in [0.15, 0.2) is 6.29 Å². The second-order valence-electron chi connectivity index (χ2n) is 1.76. The molecule has 0 radical (unpaired) electrons. The van der Waals surface area contributed by atoms with Crippen LogP contribution in [-0.4, -0.2) is 16.1 Å². The van der Waals surface area contributed by atoms with Crippen molar-refractivity contribution in [3.8, 4) is 0 Å². The maximum Gasteiger partial charge on any atom is 0.172 e. The molecule has 4 heteroatoms. The number of nitrogens with zero attached hydrogens (tertiary/aromatic N) is 2. The van der Waals surface area contributed by atoms with Gasteiger partial charge in [0.1, 0.15) is 5.69 Å². The number of carbonyl (C=O) groups excluding carboxylic acids is 1. The van der Waals surface area contributed by atoms with E-state index in [1.54, 1.807) is 13.2 Å². The second-order valence-corrected chi connectivity index (χ2v) is 1.76. The third kappa shape index (κ3) is 0.910. The van der Waals surface area contributed by atoms with E-state index in [1.807, 2.05) is 0 Å². The van der Waals surface area contributed by atoms with E-state index >= 15 is 0 Å². The molecule has 0 aliphatic carbocycles. The summed E-state index contributed by atoms with van der Waals surface area (Å²) in [5.41, 5.74) is 6.06. The maximum absolute atomic E-state index is 10.1. The van der Waals surface area contributed by atoms with Crippen molar-refractivity contribution in [1.29, 1.82) is 0 Å². The molecule has 0 fully saturated rings. The lowest BCUT2D eigenvalue weighted by Gasteiger charge is -1.79. The molecule has 9 heavy (non-hydrogen) atoms.